The summed E-state index contributed by atoms with van der Waals surface area (Å²) in [6.45, 7) is 4.92. The van der Waals surface area contributed by atoms with Gasteiger partial charge in [0.1, 0.15) is 0 Å². The number of ether oxygens (including phenoxy) is 1. The fourth-order valence-electron chi connectivity index (χ4n) is 1.59. The van der Waals surface area contributed by atoms with Crippen LogP contribution in [0.5, 0.6) is 0 Å². The van der Waals surface area contributed by atoms with Gasteiger partial charge in [0.25, 0.3) is 0 Å². The Morgan fingerprint density at radius 3 is 2.72 bits per heavy atom. The molecule has 0 aromatic heterocycles. The van der Waals surface area contributed by atoms with Gasteiger partial charge < -0.3 is 4.74 Å². The first-order valence-corrected chi connectivity index (χ1v) is 6.62. The summed E-state index contributed by atoms with van der Waals surface area (Å²) < 4.78 is 5.13. The van der Waals surface area contributed by atoms with Crippen LogP contribution in [-0.2, 0) is 9.53 Å². The molecule has 1 atom stereocenters. The standard InChI is InChI=1S/C16H22O2/c1-3-14(2)8-7-13-18-16(17)12-11-15-9-5-4-6-10-15/h4-6,9-12,14H,3,7-8,13H2,1-2H3. The van der Waals surface area contributed by atoms with Gasteiger partial charge in [-0.05, 0) is 30.4 Å². The third kappa shape index (κ3) is 6.24. The lowest BCUT2D eigenvalue weighted by Crippen LogP contribution is -2.03. The summed E-state index contributed by atoms with van der Waals surface area (Å²) in [4.78, 5) is 11.4. The molecule has 2 nitrogen and oxygen atoms in total. The van der Waals surface area contributed by atoms with Crippen LogP contribution in [0.25, 0.3) is 6.08 Å². The van der Waals surface area contributed by atoms with E-state index in [-0.39, 0.29) is 5.97 Å². The first-order chi connectivity index (χ1) is 8.72. The molecule has 1 unspecified atom stereocenters. The van der Waals surface area contributed by atoms with E-state index in [1.54, 1.807) is 6.08 Å². The second-order valence-electron chi connectivity index (χ2n) is 4.57. The molecular weight excluding hydrogens is 224 g/mol. The molecule has 0 radical (unpaired) electrons. The summed E-state index contributed by atoms with van der Waals surface area (Å²) in [5.41, 5.74) is 1.01. The average Bonchev–Trinajstić information content (AvgIpc) is 2.42. The molecule has 0 saturated carbocycles. The second-order valence-corrected chi connectivity index (χ2v) is 4.57. The van der Waals surface area contributed by atoms with Crippen LogP contribution in [0.1, 0.15) is 38.7 Å². The van der Waals surface area contributed by atoms with E-state index in [2.05, 4.69) is 13.8 Å². The lowest BCUT2D eigenvalue weighted by atomic mass is 10.0. The summed E-state index contributed by atoms with van der Waals surface area (Å²) in [5.74, 6) is 0.451. The SMILES string of the molecule is CCC(C)CCCOC(=O)C=Cc1ccccc1. The quantitative estimate of drug-likeness (QED) is 0.412. The van der Waals surface area contributed by atoms with Gasteiger partial charge in [0.05, 0.1) is 6.61 Å². The Labute approximate surface area is 110 Å². The average molecular weight is 246 g/mol. The van der Waals surface area contributed by atoms with Crippen molar-refractivity contribution in [3.8, 4) is 0 Å². The fourth-order valence-corrected chi connectivity index (χ4v) is 1.59. The molecule has 98 valence electrons. The molecule has 0 aliphatic heterocycles. The normalized spacial score (nSPS) is 12.6. The van der Waals surface area contributed by atoms with E-state index < -0.39 is 0 Å². The van der Waals surface area contributed by atoms with Crippen molar-refractivity contribution >= 4 is 12.0 Å². The third-order valence-electron chi connectivity index (χ3n) is 2.99. The smallest absolute Gasteiger partial charge is 0.330 e. The Kier molecular flexibility index (Phi) is 6.85. The van der Waals surface area contributed by atoms with Crippen molar-refractivity contribution in [1.82, 2.24) is 0 Å². The van der Waals surface area contributed by atoms with Crippen LogP contribution < -0.4 is 0 Å². The van der Waals surface area contributed by atoms with Crippen molar-refractivity contribution in [3.63, 3.8) is 0 Å². The molecule has 18 heavy (non-hydrogen) atoms. The zero-order valence-electron chi connectivity index (χ0n) is 11.3. The van der Waals surface area contributed by atoms with Crippen LogP contribution in [0.15, 0.2) is 36.4 Å². The van der Waals surface area contributed by atoms with Gasteiger partial charge in [0.2, 0.25) is 0 Å². The van der Waals surface area contributed by atoms with E-state index in [0.717, 1.165) is 18.4 Å². The van der Waals surface area contributed by atoms with Crippen LogP contribution in [-0.4, -0.2) is 12.6 Å². The van der Waals surface area contributed by atoms with Crippen molar-refractivity contribution in [2.45, 2.75) is 33.1 Å². The van der Waals surface area contributed by atoms with Gasteiger partial charge in [-0.15, -0.1) is 0 Å². The highest BCUT2D eigenvalue weighted by molar-refractivity contribution is 5.86. The van der Waals surface area contributed by atoms with Crippen LogP contribution in [0, 0.1) is 5.92 Å². The lowest BCUT2D eigenvalue weighted by Gasteiger charge is -2.07. The van der Waals surface area contributed by atoms with Gasteiger partial charge in [-0.2, -0.15) is 0 Å². The molecule has 0 saturated heterocycles. The Balaban J connectivity index is 2.20. The Bertz CT molecular complexity index is 368. The van der Waals surface area contributed by atoms with E-state index in [4.69, 9.17) is 4.74 Å². The molecule has 1 aromatic rings. The Hall–Kier alpha value is -1.57. The van der Waals surface area contributed by atoms with Gasteiger partial charge in [0.15, 0.2) is 0 Å². The topological polar surface area (TPSA) is 26.3 Å². The van der Waals surface area contributed by atoms with E-state index in [0.29, 0.717) is 12.5 Å². The molecule has 1 aromatic carbocycles. The molecular formula is C16H22O2. The predicted octanol–water partition coefficient (Wildman–Crippen LogP) is 4.07. The minimum absolute atomic E-state index is 0.261. The summed E-state index contributed by atoms with van der Waals surface area (Å²) in [5, 5.41) is 0. The summed E-state index contributed by atoms with van der Waals surface area (Å²) in [6.07, 6.45) is 6.50. The zero-order chi connectivity index (χ0) is 13.2. The highest BCUT2D eigenvalue weighted by Crippen LogP contribution is 2.09. The van der Waals surface area contributed by atoms with Crippen molar-refractivity contribution in [3.05, 3.63) is 42.0 Å². The van der Waals surface area contributed by atoms with Gasteiger partial charge in [0, 0.05) is 6.08 Å². The molecule has 0 spiro atoms. The third-order valence-corrected chi connectivity index (χ3v) is 2.99. The van der Waals surface area contributed by atoms with Crippen LogP contribution in [0.3, 0.4) is 0 Å². The van der Waals surface area contributed by atoms with Crippen LogP contribution in [0.4, 0.5) is 0 Å². The summed E-state index contributed by atoms with van der Waals surface area (Å²) in [7, 11) is 0. The molecule has 0 aliphatic rings. The molecule has 1 rings (SSSR count). The molecule has 0 aliphatic carbocycles. The largest absolute Gasteiger partial charge is 0.463 e. The first kappa shape index (κ1) is 14.5. The maximum Gasteiger partial charge on any atom is 0.330 e. The van der Waals surface area contributed by atoms with Gasteiger partial charge in [-0.25, -0.2) is 4.79 Å². The van der Waals surface area contributed by atoms with Gasteiger partial charge in [-0.1, -0.05) is 50.6 Å². The zero-order valence-corrected chi connectivity index (χ0v) is 11.3. The lowest BCUT2D eigenvalue weighted by molar-refractivity contribution is -0.137. The van der Waals surface area contributed by atoms with E-state index in [9.17, 15) is 4.79 Å². The molecule has 0 N–H and O–H groups in total. The van der Waals surface area contributed by atoms with Crippen LogP contribution >= 0.6 is 0 Å². The maximum absolute atomic E-state index is 11.4. The molecule has 2 heteroatoms. The van der Waals surface area contributed by atoms with Crippen molar-refractivity contribution in [2.75, 3.05) is 6.61 Å². The number of carbonyl (C=O) groups is 1. The summed E-state index contributed by atoms with van der Waals surface area (Å²) >= 11 is 0. The predicted molar refractivity (Wildman–Crippen MR) is 75.1 cm³/mol. The fraction of sp³-hybridized carbons (Fsp3) is 0.438. The van der Waals surface area contributed by atoms with E-state index in [1.165, 1.54) is 12.5 Å². The minimum atomic E-state index is -0.261. The van der Waals surface area contributed by atoms with Crippen molar-refractivity contribution in [2.24, 2.45) is 5.92 Å². The Morgan fingerprint density at radius 1 is 1.33 bits per heavy atom. The minimum Gasteiger partial charge on any atom is -0.463 e. The Morgan fingerprint density at radius 2 is 2.06 bits per heavy atom. The summed E-state index contributed by atoms with van der Waals surface area (Å²) in [6, 6.07) is 9.73. The van der Waals surface area contributed by atoms with Crippen molar-refractivity contribution in [1.29, 1.82) is 0 Å². The number of esters is 1. The monoisotopic (exact) mass is 246 g/mol. The molecule has 0 amide bonds. The van der Waals surface area contributed by atoms with E-state index >= 15 is 0 Å². The van der Waals surface area contributed by atoms with Crippen molar-refractivity contribution < 1.29 is 9.53 Å². The number of benzene rings is 1. The number of carbonyl (C=O) groups excluding carboxylic acids is 1. The molecule has 0 bridgehead atoms. The highest BCUT2D eigenvalue weighted by Gasteiger charge is 2.00. The maximum atomic E-state index is 11.4. The molecule has 0 heterocycles. The number of rotatable bonds is 7. The highest BCUT2D eigenvalue weighted by atomic mass is 16.5. The first-order valence-electron chi connectivity index (χ1n) is 6.62. The second kappa shape index (κ2) is 8.51. The van der Waals surface area contributed by atoms with Gasteiger partial charge >= 0.3 is 5.97 Å². The number of hydrogen-bond donors (Lipinski definition) is 0. The number of hydrogen-bond acceptors (Lipinski definition) is 2. The van der Waals surface area contributed by atoms with Gasteiger partial charge in [-0.3, -0.25) is 0 Å². The van der Waals surface area contributed by atoms with Crippen LogP contribution in [0.2, 0.25) is 0 Å². The van der Waals surface area contributed by atoms with E-state index in [1.807, 2.05) is 30.3 Å². The molecule has 0 fully saturated rings.